The first kappa shape index (κ1) is 8.31. The van der Waals surface area contributed by atoms with E-state index >= 15 is 0 Å². The highest BCUT2D eigenvalue weighted by Crippen LogP contribution is 2.25. The molecule has 0 spiro atoms. The Morgan fingerprint density at radius 2 is 2.50 bits per heavy atom. The summed E-state index contributed by atoms with van der Waals surface area (Å²) < 4.78 is 0. The van der Waals surface area contributed by atoms with E-state index in [9.17, 15) is 0 Å². The molecule has 1 heterocycles. The number of hydrogen-bond donors (Lipinski definition) is 0. The summed E-state index contributed by atoms with van der Waals surface area (Å²) in [5, 5.41) is 3.51. The van der Waals surface area contributed by atoms with Crippen LogP contribution in [0.3, 0.4) is 0 Å². The van der Waals surface area contributed by atoms with E-state index in [-0.39, 0.29) is 0 Å². The summed E-state index contributed by atoms with van der Waals surface area (Å²) in [4.78, 5) is 1.15. The van der Waals surface area contributed by atoms with Crippen LogP contribution in [0, 0.1) is 0 Å². The maximum atomic E-state index is 5.72. The molecule has 0 bridgehead atoms. The molecule has 1 aromatic heterocycles. The van der Waals surface area contributed by atoms with E-state index in [4.69, 9.17) is 11.6 Å². The molecule has 0 amide bonds. The van der Waals surface area contributed by atoms with Crippen molar-refractivity contribution < 1.29 is 0 Å². The zero-order valence-corrected chi connectivity index (χ0v) is 8.39. The normalized spacial score (nSPS) is 9.80. The summed E-state index contributed by atoms with van der Waals surface area (Å²) in [6, 6.07) is 1.93. The van der Waals surface area contributed by atoms with Gasteiger partial charge in [0.2, 0.25) is 0 Å². The number of halogens is 2. The van der Waals surface area contributed by atoms with Crippen molar-refractivity contribution in [1.82, 2.24) is 0 Å². The smallest absolute Gasteiger partial charge is 0.0519 e. The molecule has 0 aliphatic rings. The van der Waals surface area contributed by atoms with Crippen molar-refractivity contribution in [3.05, 3.63) is 27.9 Å². The fourth-order valence-electron chi connectivity index (χ4n) is 0.564. The van der Waals surface area contributed by atoms with Crippen LogP contribution in [0.15, 0.2) is 18.0 Å². The summed E-state index contributed by atoms with van der Waals surface area (Å²) in [6.07, 6.45) is 0. The lowest BCUT2D eigenvalue weighted by atomic mass is 10.3. The van der Waals surface area contributed by atoms with Gasteiger partial charge in [0.1, 0.15) is 0 Å². The number of alkyl halides is 1. The third-order valence-electron chi connectivity index (χ3n) is 1.08. The average Bonchev–Trinajstić information content (AvgIpc) is 2.34. The van der Waals surface area contributed by atoms with Crippen LogP contribution >= 0.6 is 38.9 Å². The summed E-state index contributed by atoms with van der Waals surface area (Å²) in [7, 11) is 0. The van der Waals surface area contributed by atoms with Gasteiger partial charge < -0.3 is 0 Å². The second kappa shape index (κ2) is 3.56. The Hall–Kier alpha value is 0.210. The molecule has 0 aliphatic carbocycles. The summed E-state index contributed by atoms with van der Waals surface area (Å²) in [5.74, 6) is 0. The molecule has 0 atom stereocenters. The molecule has 54 valence electrons. The van der Waals surface area contributed by atoms with E-state index in [0.717, 1.165) is 20.8 Å². The SMILES string of the molecule is C=C(CBr)c1cc(Cl)cs1. The lowest BCUT2D eigenvalue weighted by Crippen LogP contribution is -1.74. The maximum absolute atomic E-state index is 5.72. The Morgan fingerprint density at radius 3 is 2.90 bits per heavy atom. The molecular weight excluding hydrogens is 232 g/mol. The number of hydrogen-bond acceptors (Lipinski definition) is 1. The van der Waals surface area contributed by atoms with Crippen molar-refractivity contribution >= 4 is 44.4 Å². The van der Waals surface area contributed by atoms with Gasteiger partial charge in [-0.2, -0.15) is 0 Å². The van der Waals surface area contributed by atoms with E-state index in [0.29, 0.717) is 0 Å². The molecule has 0 aromatic carbocycles. The second-order valence-corrected chi connectivity index (χ2v) is 3.77. The van der Waals surface area contributed by atoms with Crippen LogP contribution in [0.25, 0.3) is 5.57 Å². The van der Waals surface area contributed by atoms with Gasteiger partial charge >= 0.3 is 0 Å². The molecule has 0 N–H and O–H groups in total. The molecule has 0 radical (unpaired) electrons. The van der Waals surface area contributed by atoms with Crippen molar-refractivity contribution in [2.75, 3.05) is 5.33 Å². The molecule has 3 heteroatoms. The molecule has 0 fully saturated rings. The minimum absolute atomic E-state index is 0.794. The zero-order valence-electron chi connectivity index (χ0n) is 5.23. The molecule has 0 nitrogen and oxygen atoms in total. The zero-order chi connectivity index (χ0) is 7.56. The third kappa shape index (κ3) is 1.84. The number of thiophene rings is 1. The molecule has 0 aliphatic heterocycles. The van der Waals surface area contributed by atoms with Crippen molar-refractivity contribution in [2.24, 2.45) is 0 Å². The third-order valence-corrected chi connectivity index (χ3v) is 3.13. The van der Waals surface area contributed by atoms with Gasteiger partial charge in [-0.15, -0.1) is 11.3 Å². The fourth-order valence-corrected chi connectivity index (χ4v) is 2.10. The van der Waals surface area contributed by atoms with Gasteiger partial charge in [0, 0.05) is 15.6 Å². The highest BCUT2D eigenvalue weighted by atomic mass is 79.9. The van der Waals surface area contributed by atoms with E-state index in [1.165, 1.54) is 0 Å². The Kier molecular flexibility index (Phi) is 2.96. The average molecular weight is 238 g/mol. The summed E-state index contributed by atoms with van der Waals surface area (Å²) in [5.41, 5.74) is 1.08. The summed E-state index contributed by atoms with van der Waals surface area (Å²) >= 11 is 10.7. The Morgan fingerprint density at radius 1 is 1.80 bits per heavy atom. The minimum atomic E-state index is 0.794. The molecule has 1 aromatic rings. The van der Waals surface area contributed by atoms with Gasteiger partial charge in [0.05, 0.1) is 5.02 Å². The van der Waals surface area contributed by atoms with Gasteiger partial charge in [-0.25, -0.2) is 0 Å². The Balaban J connectivity index is 2.85. The molecular formula is C7H6BrClS. The van der Waals surface area contributed by atoms with Crippen LogP contribution in [0.1, 0.15) is 4.88 Å². The first-order valence-electron chi connectivity index (χ1n) is 2.72. The van der Waals surface area contributed by atoms with Crippen molar-refractivity contribution in [3.8, 4) is 0 Å². The Labute approximate surface area is 77.6 Å². The Bertz CT molecular complexity index is 242. The van der Waals surface area contributed by atoms with Gasteiger partial charge in [-0.3, -0.25) is 0 Å². The quantitative estimate of drug-likeness (QED) is 0.686. The van der Waals surface area contributed by atoms with Crippen molar-refractivity contribution in [2.45, 2.75) is 0 Å². The van der Waals surface area contributed by atoms with E-state index < -0.39 is 0 Å². The first-order chi connectivity index (χ1) is 4.74. The monoisotopic (exact) mass is 236 g/mol. The first-order valence-corrected chi connectivity index (χ1v) is 5.10. The highest BCUT2D eigenvalue weighted by molar-refractivity contribution is 9.09. The predicted octanol–water partition coefficient (Wildman–Crippen LogP) is 3.81. The standard InChI is InChI=1S/C7H6BrClS/c1-5(3-8)7-2-6(9)4-10-7/h2,4H,1,3H2. The largest absolute Gasteiger partial charge is 0.143 e. The topological polar surface area (TPSA) is 0 Å². The minimum Gasteiger partial charge on any atom is -0.143 e. The highest BCUT2D eigenvalue weighted by Gasteiger charge is 1.99. The lowest BCUT2D eigenvalue weighted by Gasteiger charge is -1.92. The fraction of sp³-hybridized carbons (Fsp3) is 0.143. The van der Waals surface area contributed by atoms with Gasteiger partial charge in [-0.1, -0.05) is 34.1 Å². The molecule has 10 heavy (non-hydrogen) atoms. The molecule has 1 rings (SSSR count). The van der Waals surface area contributed by atoms with Gasteiger partial charge in [0.25, 0.3) is 0 Å². The van der Waals surface area contributed by atoms with Crippen LogP contribution < -0.4 is 0 Å². The van der Waals surface area contributed by atoms with Crippen LogP contribution in [0.4, 0.5) is 0 Å². The number of rotatable bonds is 2. The van der Waals surface area contributed by atoms with Gasteiger partial charge in [-0.05, 0) is 11.6 Å². The molecule has 0 saturated carbocycles. The van der Waals surface area contributed by atoms with E-state index in [2.05, 4.69) is 22.5 Å². The van der Waals surface area contributed by atoms with E-state index in [1.54, 1.807) is 11.3 Å². The van der Waals surface area contributed by atoms with Crippen LogP contribution in [0.2, 0.25) is 5.02 Å². The van der Waals surface area contributed by atoms with Crippen LogP contribution in [0.5, 0.6) is 0 Å². The number of allylic oxidation sites excluding steroid dienone is 1. The lowest BCUT2D eigenvalue weighted by molar-refractivity contribution is 1.78. The second-order valence-electron chi connectivity index (χ2n) is 1.87. The predicted molar refractivity (Wildman–Crippen MR) is 52.2 cm³/mol. The van der Waals surface area contributed by atoms with Crippen LogP contribution in [-0.4, -0.2) is 5.33 Å². The van der Waals surface area contributed by atoms with Crippen molar-refractivity contribution in [3.63, 3.8) is 0 Å². The summed E-state index contributed by atoms with van der Waals surface area (Å²) in [6.45, 7) is 3.86. The maximum Gasteiger partial charge on any atom is 0.0519 e. The molecule has 0 unspecified atom stereocenters. The van der Waals surface area contributed by atoms with Crippen LogP contribution in [-0.2, 0) is 0 Å². The van der Waals surface area contributed by atoms with Crippen molar-refractivity contribution in [1.29, 1.82) is 0 Å². The molecule has 0 saturated heterocycles. The van der Waals surface area contributed by atoms with Gasteiger partial charge in [0.15, 0.2) is 0 Å². The van der Waals surface area contributed by atoms with E-state index in [1.807, 2.05) is 11.4 Å².